The molecule has 0 spiro atoms. The molecule has 1 rings (SSSR count). The monoisotopic (exact) mass is 407 g/mol. The first-order chi connectivity index (χ1) is 11.0. The van der Waals surface area contributed by atoms with E-state index in [0.29, 0.717) is 4.61 Å². The number of rotatable bonds is 6. The fraction of sp³-hybridized carbons (Fsp3) is 0.643. The number of carbonyl (C=O) groups is 3. The second-order valence-corrected chi connectivity index (χ2v) is 7.13. The first kappa shape index (κ1) is 20.2. The first-order valence-electron chi connectivity index (χ1n) is 7.29. The first-order valence-corrected chi connectivity index (χ1v) is 8.09. The zero-order valence-electron chi connectivity index (χ0n) is 13.9. The molecule has 0 aromatic carbocycles. The summed E-state index contributed by atoms with van der Waals surface area (Å²) in [5, 5.41) is 13.9. The Labute approximate surface area is 148 Å². The Hall–Kier alpha value is -1.81. The minimum absolute atomic E-state index is 0.0301. The van der Waals surface area contributed by atoms with Gasteiger partial charge in [0, 0.05) is 6.42 Å². The molecule has 0 aromatic heterocycles. The molecular formula is C14H22BrN3O6. The van der Waals surface area contributed by atoms with Gasteiger partial charge in [-0.25, -0.2) is 9.59 Å². The van der Waals surface area contributed by atoms with Crippen molar-refractivity contribution in [3.8, 4) is 0 Å². The smallest absolute Gasteiger partial charge is 0.408 e. The zero-order chi connectivity index (χ0) is 18.5. The fourth-order valence-electron chi connectivity index (χ4n) is 1.78. The van der Waals surface area contributed by atoms with Crippen LogP contribution in [0.2, 0.25) is 0 Å². The number of alkyl carbamates (subject to hydrolysis) is 1. The summed E-state index contributed by atoms with van der Waals surface area (Å²) in [6, 6.07) is -2.12. The Morgan fingerprint density at radius 3 is 2.50 bits per heavy atom. The normalized spacial score (nSPS) is 19.5. The number of aliphatic carboxylic acids is 1. The van der Waals surface area contributed by atoms with Crippen LogP contribution in [0, 0.1) is 0 Å². The van der Waals surface area contributed by atoms with Crippen molar-refractivity contribution in [1.82, 2.24) is 16.1 Å². The minimum atomic E-state index is -1.20. The Balaban J connectivity index is 2.55. The van der Waals surface area contributed by atoms with E-state index in [1.54, 1.807) is 26.8 Å². The molecule has 10 heteroatoms. The number of hydrogen-bond acceptors (Lipinski definition) is 6. The number of hydrogen-bond donors (Lipinski definition) is 4. The molecule has 0 saturated heterocycles. The van der Waals surface area contributed by atoms with Crippen LogP contribution in [-0.4, -0.2) is 46.9 Å². The number of carboxylic acids is 1. The van der Waals surface area contributed by atoms with Gasteiger partial charge in [0.05, 0.1) is 0 Å². The highest BCUT2D eigenvalue weighted by Gasteiger charge is 2.29. The van der Waals surface area contributed by atoms with Crippen LogP contribution in [-0.2, 0) is 19.2 Å². The van der Waals surface area contributed by atoms with E-state index in [4.69, 9.17) is 9.57 Å². The van der Waals surface area contributed by atoms with Gasteiger partial charge in [0.25, 0.3) is 0 Å². The molecule has 2 amide bonds. The predicted molar refractivity (Wildman–Crippen MR) is 88.0 cm³/mol. The van der Waals surface area contributed by atoms with Crippen molar-refractivity contribution in [3.05, 3.63) is 10.7 Å². The molecule has 1 aliphatic rings. The molecule has 1 unspecified atom stereocenters. The lowest BCUT2D eigenvalue weighted by atomic mass is 10.1. The van der Waals surface area contributed by atoms with E-state index < -0.39 is 41.8 Å². The quantitative estimate of drug-likeness (QED) is 0.483. The summed E-state index contributed by atoms with van der Waals surface area (Å²) in [5.41, 5.74) is 1.84. The molecular weight excluding hydrogens is 386 g/mol. The molecule has 9 nitrogen and oxygen atoms in total. The van der Waals surface area contributed by atoms with Gasteiger partial charge in [0.15, 0.2) is 0 Å². The molecule has 0 aromatic rings. The maximum absolute atomic E-state index is 12.1. The highest BCUT2D eigenvalue weighted by Crippen LogP contribution is 2.16. The van der Waals surface area contributed by atoms with Crippen LogP contribution in [0.1, 0.15) is 34.1 Å². The summed E-state index contributed by atoms with van der Waals surface area (Å²) in [5.74, 6) is -1.84. The van der Waals surface area contributed by atoms with Crippen molar-refractivity contribution < 1.29 is 29.1 Å². The predicted octanol–water partition coefficient (Wildman–Crippen LogP) is 0.999. The molecule has 4 N–H and O–H groups in total. The van der Waals surface area contributed by atoms with Gasteiger partial charge in [-0.2, -0.15) is 0 Å². The van der Waals surface area contributed by atoms with Crippen LogP contribution < -0.4 is 16.1 Å². The molecule has 0 saturated carbocycles. The van der Waals surface area contributed by atoms with Gasteiger partial charge >= 0.3 is 12.1 Å². The number of carboxylic acid groups (broad SMARTS) is 1. The zero-order valence-corrected chi connectivity index (χ0v) is 15.5. The third kappa shape index (κ3) is 7.18. The molecule has 3 atom stereocenters. The second-order valence-electron chi connectivity index (χ2n) is 6.28. The van der Waals surface area contributed by atoms with E-state index in [0.717, 1.165) is 0 Å². The lowest BCUT2D eigenvalue weighted by molar-refractivity contribution is -0.143. The molecule has 136 valence electrons. The topological polar surface area (TPSA) is 126 Å². The third-order valence-corrected chi connectivity index (χ3v) is 3.28. The van der Waals surface area contributed by atoms with E-state index in [9.17, 15) is 19.5 Å². The van der Waals surface area contributed by atoms with E-state index in [2.05, 4.69) is 32.0 Å². The standard InChI is InChI=1S/C14H22BrN3O6/c1-7(16-13(22)23-14(2,3)4)11(19)17-9(12(20)21)5-8-6-10(15)18-24-8/h6-9,18H,5H2,1-4H3,(H,16,22)(H,17,19)(H,20,21)/t7-,8?,9-/m0/s1. The van der Waals surface area contributed by atoms with Crippen LogP contribution in [0.4, 0.5) is 4.79 Å². The summed E-state index contributed by atoms with van der Waals surface area (Å²) in [7, 11) is 0. The molecule has 0 fully saturated rings. The average molecular weight is 408 g/mol. The number of halogens is 1. The Morgan fingerprint density at radius 2 is 2.04 bits per heavy atom. The molecule has 0 aliphatic carbocycles. The minimum Gasteiger partial charge on any atom is -0.480 e. The molecule has 1 aliphatic heterocycles. The van der Waals surface area contributed by atoms with Crippen molar-refractivity contribution >= 4 is 33.9 Å². The van der Waals surface area contributed by atoms with Crippen molar-refractivity contribution in [3.63, 3.8) is 0 Å². The van der Waals surface area contributed by atoms with Crippen molar-refractivity contribution in [2.45, 2.75) is 57.9 Å². The largest absolute Gasteiger partial charge is 0.480 e. The third-order valence-electron chi connectivity index (χ3n) is 2.85. The summed E-state index contributed by atoms with van der Waals surface area (Å²) in [6.45, 7) is 6.51. The number of carbonyl (C=O) groups excluding carboxylic acids is 2. The Kier molecular flexibility index (Phi) is 7.03. The van der Waals surface area contributed by atoms with Gasteiger partial charge in [0.1, 0.15) is 28.4 Å². The van der Waals surface area contributed by atoms with E-state index in [1.807, 2.05) is 0 Å². The van der Waals surface area contributed by atoms with Crippen molar-refractivity contribution in [2.75, 3.05) is 0 Å². The molecule has 0 bridgehead atoms. The van der Waals surface area contributed by atoms with E-state index >= 15 is 0 Å². The van der Waals surface area contributed by atoms with Gasteiger partial charge in [0.2, 0.25) is 5.91 Å². The van der Waals surface area contributed by atoms with Crippen molar-refractivity contribution in [1.29, 1.82) is 0 Å². The van der Waals surface area contributed by atoms with Crippen LogP contribution in [0.25, 0.3) is 0 Å². The highest BCUT2D eigenvalue weighted by atomic mass is 79.9. The van der Waals surface area contributed by atoms with Gasteiger partial charge < -0.3 is 20.5 Å². The van der Waals surface area contributed by atoms with Gasteiger partial charge in [-0.1, -0.05) is 0 Å². The summed E-state index contributed by atoms with van der Waals surface area (Å²) >= 11 is 3.16. The van der Waals surface area contributed by atoms with Crippen LogP contribution in [0.15, 0.2) is 10.7 Å². The van der Waals surface area contributed by atoms with Crippen LogP contribution in [0.5, 0.6) is 0 Å². The van der Waals surface area contributed by atoms with E-state index in [-0.39, 0.29) is 6.42 Å². The maximum Gasteiger partial charge on any atom is 0.408 e. The fourth-order valence-corrected chi connectivity index (χ4v) is 2.17. The molecule has 1 heterocycles. The number of amides is 2. The summed E-state index contributed by atoms with van der Waals surface area (Å²) in [4.78, 5) is 40.1. The number of nitrogens with one attached hydrogen (secondary N) is 3. The molecule has 24 heavy (non-hydrogen) atoms. The van der Waals surface area contributed by atoms with Crippen molar-refractivity contribution in [2.24, 2.45) is 0 Å². The lowest BCUT2D eigenvalue weighted by Gasteiger charge is -2.23. The summed E-state index contributed by atoms with van der Waals surface area (Å²) < 4.78 is 5.63. The number of hydroxylamine groups is 1. The van der Waals surface area contributed by atoms with Gasteiger partial charge in [-0.3, -0.25) is 15.1 Å². The average Bonchev–Trinajstić information content (AvgIpc) is 2.80. The number of ether oxygens (including phenoxy) is 1. The summed E-state index contributed by atoms with van der Waals surface area (Å²) in [6.07, 6.45) is 0.411. The lowest BCUT2D eigenvalue weighted by Crippen LogP contribution is -2.51. The highest BCUT2D eigenvalue weighted by molar-refractivity contribution is 9.11. The Bertz CT molecular complexity index is 531. The molecule has 0 radical (unpaired) electrons. The SMILES string of the molecule is C[C@H](NC(=O)OC(C)(C)C)C(=O)N[C@@H](CC1C=C(Br)NO1)C(=O)O. The maximum atomic E-state index is 12.1. The van der Waals surface area contributed by atoms with Crippen LogP contribution in [0.3, 0.4) is 0 Å². The van der Waals surface area contributed by atoms with Crippen LogP contribution >= 0.6 is 15.9 Å². The van der Waals surface area contributed by atoms with Gasteiger partial charge in [-0.05, 0) is 49.7 Å². The van der Waals surface area contributed by atoms with E-state index in [1.165, 1.54) is 6.92 Å². The van der Waals surface area contributed by atoms with Gasteiger partial charge in [-0.15, -0.1) is 0 Å². The second kappa shape index (κ2) is 8.34. The Morgan fingerprint density at radius 1 is 1.42 bits per heavy atom.